The van der Waals surface area contributed by atoms with Gasteiger partial charge >= 0.3 is 0 Å². The number of allylic oxidation sites excluding steroid dienone is 2. The quantitative estimate of drug-likeness (QED) is 0.545. The van der Waals surface area contributed by atoms with Crippen molar-refractivity contribution in [1.29, 1.82) is 0 Å². The number of nitrogens with zero attached hydrogens (tertiary/aromatic N) is 1. The fourth-order valence-electron chi connectivity index (χ4n) is 3.70. The number of rotatable bonds is 7. The number of imide groups is 1. The second kappa shape index (κ2) is 9.03. The van der Waals surface area contributed by atoms with Gasteiger partial charge in [0.1, 0.15) is 0 Å². The molecule has 2 atom stereocenters. The summed E-state index contributed by atoms with van der Waals surface area (Å²) in [6, 6.07) is 6.78. The van der Waals surface area contributed by atoms with Crippen LogP contribution in [-0.4, -0.2) is 41.6 Å². The number of carbonyl (C=O) groups excluding carboxylic acids is 4. The van der Waals surface area contributed by atoms with Gasteiger partial charge in [-0.2, -0.15) is 0 Å². The zero-order chi connectivity index (χ0) is 21.0. The number of benzene rings is 1. The van der Waals surface area contributed by atoms with Gasteiger partial charge in [-0.3, -0.25) is 24.1 Å². The smallest absolute Gasteiger partial charge is 0.253 e. The van der Waals surface area contributed by atoms with Gasteiger partial charge in [-0.25, -0.2) is 0 Å². The van der Waals surface area contributed by atoms with Crippen LogP contribution >= 0.6 is 0 Å². The highest BCUT2D eigenvalue weighted by molar-refractivity contribution is 6.06. The average molecular weight is 397 g/mol. The number of likely N-dealkylation sites (tertiary alicyclic amines) is 1. The molecular weight excluding hydrogens is 370 g/mol. The van der Waals surface area contributed by atoms with Crippen LogP contribution in [0.2, 0.25) is 0 Å². The maximum absolute atomic E-state index is 12.5. The number of hydrogen-bond acceptors (Lipinski definition) is 4. The molecule has 0 spiro atoms. The lowest BCUT2D eigenvalue weighted by molar-refractivity contribution is -0.140. The Morgan fingerprint density at radius 2 is 1.69 bits per heavy atom. The number of carbonyl (C=O) groups is 4. The summed E-state index contributed by atoms with van der Waals surface area (Å²) in [6.07, 6.45) is 5.02. The SMILES string of the molecule is CC(C)CNC(=O)c1ccccc1NC(=O)CCN1C(=O)[C@H]2CC=CC[C@@H]2C1=O. The Hall–Kier alpha value is -2.96. The summed E-state index contributed by atoms with van der Waals surface area (Å²) in [5.74, 6) is -1.24. The molecule has 0 radical (unpaired) electrons. The molecule has 2 aliphatic rings. The Morgan fingerprint density at radius 1 is 1.07 bits per heavy atom. The van der Waals surface area contributed by atoms with E-state index < -0.39 is 0 Å². The van der Waals surface area contributed by atoms with E-state index in [1.54, 1.807) is 24.3 Å². The zero-order valence-electron chi connectivity index (χ0n) is 16.8. The molecule has 29 heavy (non-hydrogen) atoms. The number of nitrogens with one attached hydrogen (secondary N) is 2. The third kappa shape index (κ3) is 4.72. The summed E-state index contributed by atoms with van der Waals surface area (Å²) >= 11 is 0. The lowest BCUT2D eigenvalue weighted by Gasteiger charge is -2.15. The van der Waals surface area contributed by atoms with Gasteiger partial charge in [-0.15, -0.1) is 0 Å². The minimum Gasteiger partial charge on any atom is -0.352 e. The summed E-state index contributed by atoms with van der Waals surface area (Å²) in [6.45, 7) is 4.60. The van der Waals surface area contributed by atoms with E-state index in [1.165, 1.54) is 4.90 Å². The molecule has 7 nitrogen and oxygen atoms in total. The van der Waals surface area contributed by atoms with E-state index in [0.717, 1.165) is 0 Å². The molecule has 0 unspecified atom stereocenters. The van der Waals surface area contributed by atoms with Crippen LogP contribution in [-0.2, 0) is 14.4 Å². The minimum absolute atomic E-state index is 0.00764. The standard InChI is InChI=1S/C22H27N3O4/c1-14(2)13-23-20(27)17-9-5-6-10-18(17)24-19(26)11-12-25-21(28)15-7-3-4-8-16(15)22(25)29/h3-6,9-10,14-16H,7-8,11-13H2,1-2H3,(H,23,27)(H,24,26)/t15-,16-/m0/s1. The monoisotopic (exact) mass is 397 g/mol. The van der Waals surface area contributed by atoms with Crippen LogP contribution in [0.5, 0.6) is 0 Å². The Labute approximate surface area is 170 Å². The van der Waals surface area contributed by atoms with E-state index in [1.807, 2.05) is 26.0 Å². The number of para-hydroxylation sites is 1. The lowest BCUT2D eigenvalue weighted by atomic mass is 9.85. The number of amides is 4. The van der Waals surface area contributed by atoms with Crippen molar-refractivity contribution in [1.82, 2.24) is 10.2 Å². The largest absolute Gasteiger partial charge is 0.352 e. The van der Waals surface area contributed by atoms with Crippen LogP contribution in [0.15, 0.2) is 36.4 Å². The first-order valence-electron chi connectivity index (χ1n) is 10.1. The Kier molecular flexibility index (Phi) is 6.46. The van der Waals surface area contributed by atoms with Gasteiger partial charge in [-0.1, -0.05) is 38.1 Å². The van der Waals surface area contributed by atoms with Crippen molar-refractivity contribution in [3.63, 3.8) is 0 Å². The van der Waals surface area contributed by atoms with Crippen LogP contribution in [0.25, 0.3) is 0 Å². The van der Waals surface area contributed by atoms with Gasteiger partial charge in [0.05, 0.1) is 23.1 Å². The maximum atomic E-state index is 12.5. The van der Waals surface area contributed by atoms with E-state index in [4.69, 9.17) is 0 Å². The molecule has 7 heteroatoms. The molecule has 0 bridgehead atoms. The van der Waals surface area contributed by atoms with Crippen LogP contribution in [0.1, 0.15) is 43.5 Å². The van der Waals surface area contributed by atoms with E-state index >= 15 is 0 Å². The minimum atomic E-state index is -0.345. The van der Waals surface area contributed by atoms with Gasteiger partial charge in [-0.05, 0) is 30.9 Å². The van der Waals surface area contributed by atoms with E-state index in [2.05, 4.69) is 10.6 Å². The predicted octanol–water partition coefficient (Wildman–Crippen LogP) is 2.35. The molecular formula is C22H27N3O4. The highest BCUT2D eigenvalue weighted by Crippen LogP contribution is 2.35. The van der Waals surface area contributed by atoms with Crippen molar-refractivity contribution in [2.75, 3.05) is 18.4 Å². The third-order valence-electron chi connectivity index (χ3n) is 5.28. The average Bonchev–Trinajstić information content (AvgIpc) is 2.95. The molecule has 1 aromatic rings. The van der Waals surface area contributed by atoms with Crippen LogP contribution in [0.3, 0.4) is 0 Å². The molecule has 4 amide bonds. The number of hydrogen-bond donors (Lipinski definition) is 2. The van der Waals surface area contributed by atoms with Gasteiger partial charge in [0, 0.05) is 19.5 Å². The summed E-state index contributed by atoms with van der Waals surface area (Å²) < 4.78 is 0. The number of fused-ring (bicyclic) bond motifs is 1. The van der Waals surface area contributed by atoms with Gasteiger partial charge in [0.2, 0.25) is 17.7 Å². The maximum Gasteiger partial charge on any atom is 0.253 e. The molecule has 154 valence electrons. The molecule has 2 N–H and O–H groups in total. The summed E-state index contributed by atoms with van der Waals surface area (Å²) in [5.41, 5.74) is 0.794. The molecule has 0 saturated carbocycles. The normalized spacial score (nSPS) is 20.7. The van der Waals surface area contributed by atoms with E-state index in [0.29, 0.717) is 36.6 Å². The highest BCUT2D eigenvalue weighted by atomic mass is 16.2. The molecule has 1 saturated heterocycles. The molecule has 1 aromatic carbocycles. The summed E-state index contributed by atoms with van der Waals surface area (Å²) in [5, 5.41) is 5.57. The second-order valence-electron chi connectivity index (χ2n) is 7.93. The van der Waals surface area contributed by atoms with Crippen LogP contribution in [0.4, 0.5) is 5.69 Å². The molecule has 3 rings (SSSR count). The molecule has 1 aliphatic carbocycles. The summed E-state index contributed by atoms with van der Waals surface area (Å²) in [4.78, 5) is 51.0. The Morgan fingerprint density at radius 3 is 2.31 bits per heavy atom. The first kappa shape index (κ1) is 20.8. The van der Waals surface area contributed by atoms with Gasteiger partial charge in [0.15, 0.2) is 0 Å². The van der Waals surface area contributed by atoms with Gasteiger partial charge in [0.25, 0.3) is 5.91 Å². The molecule has 1 fully saturated rings. The highest BCUT2D eigenvalue weighted by Gasteiger charge is 2.46. The van der Waals surface area contributed by atoms with Crippen molar-refractivity contribution < 1.29 is 19.2 Å². The van der Waals surface area contributed by atoms with Crippen molar-refractivity contribution in [3.05, 3.63) is 42.0 Å². The van der Waals surface area contributed by atoms with Crippen molar-refractivity contribution in [3.8, 4) is 0 Å². The second-order valence-corrected chi connectivity index (χ2v) is 7.93. The van der Waals surface area contributed by atoms with Crippen molar-refractivity contribution in [2.45, 2.75) is 33.1 Å². The first-order chi connectivity index (χ1) is 13.9. The molecule has 1 aliphatic heterocycles. The van der Waals surface area contributed by atoms with Crippen LogP contribution in [0, 0.1) is 17.8 Å². The zero-order valence-corrected chi connectivity index (χ0v) is 16.8. The third-order valence-corrected chi connectivity index (χ3v) is 5.28. The Bertz CT molecular complexity index is 820. The van der Waals surface area contributed by atoms with Crippen LogP contribution < -0.4 is 10.6 Å². The predicted molar refractivity (Wildman–Crippen MR) is 109 cm³/mol. The van der Waals surface area contributed by atoms with E-state index in [9.17, 15) is 19.2 Å². The molecule has 0 aromatic heterocycles. The van der Waals surface area contributed by atoms with Gasteiger partial charge < -0.3 is 10.6 Å². The summed E-state index contributed by atoms with van der Waals surface area (Å²) in [7, 11) is 0. The van der Waals surface area contributed by atoms with Crippen molar-refractivity contribution >= 4 is 29.3 Å². The Balaban J connectivity index is 1.58. The lowest BCUT2D eigenvalue weighted by Crippen LogP contribution is -2.34. The fraction of sp³-hybridized carbons (Fsp3) is 0.455. The first-order valence-corrected chi connectivity index (χ1v) is 10.1. The van der Waals surface area contributed by atoms with Crippen molar-refractivity contribution in [2.24, 2.45) is 17.8 Å². The topological polar surface area (TPSA) is 95.6 Å². The molecule has 1 heterocycles. The van der Waals surface area contributed by atoms with E-state index in [-0.39, 0.29) is 48.4 Å². The fourth-order valence-corrected chi connectivity index (χ4v) is 3.70. The number of anilines is 1.